The first-order valence-corrected chi connectivity index (χ1v) is 13.6. The molecule has 1 atom stereocenters. The van der Waals surface area contributed by atoms with Gasteiger partial charge in [-0.05, 0) is 48.9 Å². The molecule has 4 rings (SSSR count). The third-order valence-electron chi connectivity index (χ3n) is 6.60. The van der Waals surface area contributed by atoms with Crippen molar-refractivity contribution in [2.75, 3.05) is 26.9 Å². The van der Waals surface area contributed by atoms with Crippen molar-refractivity contribution >= 4 is 28.6 Å². The molecule has 0 saturated heterocycles. The van der Waals surface area contributed by atoms with E-state index in [9.17, 15) is 29.3 Å². The summed E-state index contributed by atoms with van der Waals surface area (Å²) in [5.41, 5.74) is -0.0551. The van der Waals surface area contributed by atoms with Crippen LogP contribution in [0, 0.1) is 5.82 Å². The Bertz CT molecular complexity index is 1420. The molecule has 216 valence electrons. The summed E-state index contributed by atoms with van der Waals surface area (Å²) in [5.74, 6) is -1.31. The van der Waals surface area contributed by atoms with E-state index >= 15 is 0 Å². The lowest BCUT2D eigenvalue weighted by Gasteiger charge is -2.29. The SMILES string of the molecule is CCC(CO)(CO)NC(=O)COc1cccc(C2SC(c3ccc(F)cc3)=NN2C(=O)c2ccccc2O)c1OC. The van der Waals surface area contributed by atoms with Crippen molar-refractivity contribution in [3.63, 3.8) is 0 Å². The number of carbonyl (C=O) groups is 2. The molecule has 1 unspecified atom stereocenters. The van der Waals surface area contributed by atoms with Gasteiger partial charge in [0, 0.05) is 11.1 Å². The Labute approximate surface area is 240 Å². The van der Waals surface area contributed by atoms with Gasteiger partial charge < -0.3 is 30.1 Å². The zero-order valence-electron chi connectivity index (χ0n) is 22.4. The van der Waals surface area contributed by atoms with Gasteiger partial charge in [-0.15, -0.1) is 0 Å². The van der Waals surface area contributed by atoms with E-state index < -0.39 is 48.4 Å². The molecule has 0 spiro atoms. The highest BCUT2D eigenvalue weighted by molar-refractivity contribution is 8.14. The zero-order valence-corrected chi connectivity index (χ0v) is 23.2. The summed E-state index contributed by atoms with van der Waals surface area (Å²) in [7, 11) is 1.42. The van der Waals surface area contributed by atoms with E-state index in [0.29, 0.717) is 22.6 Å². The van der Waals surface area contributed by atoms with Gasteiger partial charge in [-0.3, -0.25) is 9.59 Å². The molecular formula is C29H30FN3O7S. The van der Waals surface area contributed by atoms with Crippen molar-refractivity contribution in [1.82, 2.24) is 10.3 Å². The van der Waals surface area contributed by atoms with Crippen LogP contribution in [-0.2, 0) is 4.79 Å². The summed E-state index contributed by atoms with van der Waals surface area (Å²) in [4.78, 5) is 26.2. The zero-order chi connectivity index (χ0) is 29.6. The Kier molecular flexibility index (Phi) is 9.48. The van der Waals surface area contributed by atoms with Crippen LogP contribution in [0.3, 0.4) is 0 Å². The molecule has 1 heterocycles. The third-order valence-corrected chi connectivity index (χ3v) is 7.82. The highest BCUT2D eigenvalue weighted by Gasteiger charge is 2.38. The number of aliphatic hydroxyl groups excluding tert-OH is 2. The number of thioether (sulfide) groups is 1. The lowest BCUT2D eigenvalue weighted by Crippen LogP contribution is -2.55. The second-order valence-corrected chi connectivity index (χ2v) is 10.3. The Morgan fingerprint density at radius 2 is 1.78 bits per heavy atom. The number of amides is 2. The van der Waals surface area contributed by atoms with E-state index in [1.807, 2.05) is 0 Å². The number of para-hydroxylation sites is 2. The van der Waals surface area contributed by atoms with E-state index in [-0.39, 0.29) is 22.8 Å². The fourth-order valence-electron chi connectivity index (χ4n) is 4.15. The topological polar surface area (TPSA) is 141 Å². The minimum atomic E-state index is -1.18. The van der Waals surface area contributed by atoms with Crippen LogP contribution >= 0.6 is 11.8 Å². The number of aromatic hydroxyl groups is 1. The number of methoxy groups -OCH3 is 1. The third kappa shape index (κ3) is 6.45. The molecule has 4 N–H and O–H groups in total. The molecule has 10 nitrogen and oxygen atoms in total. The molecule has 0 bridgehead atoms. The van der Waals surface area contributed by atoms with E-state index in [0.717, 1.165) is 0 Å². The van der Waals surface area contributed by atoms with E-state index in [1.165, 1.54) is 48.1 Å². The van der Waals surface area contributed by atoms with Gasteiger partial charge in [-0.25, -0.2) is 9.40 Å². The van der Waals surface area contributed by atoms with Crippen molar-refractivity contribution in [3.05, 3.63) is 89.2 Å². The van der Waals surface area contributed by atoms with Gasteiger partial charge in [0.05, 0.1) is 31.4 Å². The maximum absolute atomic E-state index is 13.6. The van der Waals surface area contributed by atoms with Crippen LogP contribution in [0.5, 0.6) is 17.2 Å². The highest BCUT2D eigenvalue weighted by Crippen LogP contribution is 2.47. The van der Waals surface area contributed by atoms with Gasteiger partial charge in [0.2, 0.25) is 0 Å². The number of nitrogens with one attached hydrogen (secondary N) is 1. The van der Waals surface area contributed by atoms with Crippen LogP contribution in [0.4, 0.5) is 4.39 Å². The molecule has 41 heavy (non-hydrogen) atoms. The van der Waals surface area contributed by atoms with E-state index in [4.69, 9.17) is 9.47 Å². The van der Waals surface area contributed by atoms with Crippen molar-refractivity contribution in [1.29, 1.82) is 0 Å². The summed E-state index contributed by atoms with van der Waals surface area (Å²) in [6, 6.07) is 16.8. The molecule has 0 aliphatic carbocycles. The fraction of sp³-hybridized carbons (Fsp3) is 0.276. The highest BCUT2D eigenvalue weighted by atomic mass is 32.2. The summed E-state index contributed by atoms with van der Waals surface area (Å²) in [5, 5.41) is 37.6. The molecule has 2 amide bonds. The molecule has 0 radical (unpaired) electrons. The monoisotopic (exact) mass is 583 g/mol. The molecule has 1 aliphatic heterocycles. The predicted octanol–water partition coefficient (Wildman–Crippen LogP) is 3.42. The number of phenolic OH excluding ortho intramolecular Hbond substituents is 1. The average molecular weight is 584 g/mol. The summed E-state index contributed by atoms with van der Waals surface area (Å²) >= 11 is 1.22. The molecule has 0 saturated carbocycles. The smallest absolute Gasteiger partial charge is 0.279 e. The fourth-order valence-corrected chi connectivity index (χ4v) is 5.32. The normalized spacial score (nSPS) is 14.9. The van der Waals surface area contributed by atoms with Gasteiger partial charge >= 0.3 is 0 Å². The number of hydrogen-bond donors (Lipinski definition) is 4. The van der Waals surface area contributed by atoms with Crippen molar-refractivity contribution in [2.24, 2.45) is 5.10 Å². The molecule has 1 aliphatic rings. The number of halogens is 1. The van der Waals surface area contributed by atoms with Gasteiger partial charge in [-0.1, -0.05) is 43.0 Å². The molecule has 12 heteroatoms. The number of phenols is 1. The largest absolute Gasteiger partial charge is 0.507 e. The van der Waals surface area contributed by atoms with Gasteiger partial charge in [0.15, 0.2) is 18.1 Å². The van der Waals surface area contributed by atoms with Crippen LogP contribution in [0.2, 0.25) is 0 Å². The number of hydrogen-bond acceptors (Lipinski definition) is 9. The molecular weight excluding hydrogens is 553 g/mol. The maximum Gasteiger partial charge on any atom is 0.279 e. The summed E-state index contributed by atoms with van der Waals surface area (Å²) in [6.07, 6.45) is 0.306. The van der Waals surface area contributed by atoms with Gasteiger partial charge in [0.25, 0.3) is 11.8 Å². The van der Waals surface area contributed by atoms with Crippen LogP contribution in [0.1, 0.15) is 40.2 Å². The van der Waals surface area contributed by atoms with Gasteiger partial charge in [0.1, 0.15) is 22.0 Å². The second kappa shape index (κ2) is 13.0. The Hall–Kier alpha value is -4.13. The van der Waals surface area contributed by atoms with E-state index in [2.05, 4.69) is 10.4 Å². The van der Waals surface area contributed by atoms with Crippen molar-refractivity contribution in [2.45, 2.75) is 24.3 Å². The first kappa shape index (κ1) is 29.8. The maximum atomic E-state index is 13.6. The van der Waals surface area contributed by atoms with Crippen molar-refractivity contribution in [3.8, 4) is 17.2 Å². The predicted molar refractivity (Wildman–Crippen MR) is 151 cm³/mol. The minimum Gasteiger partial charge on any atom is -0.507 e. The van der Waals surface area contributed by atoms with Crippen LogP contribution < -0.4 is 14.8 Å². The summed E-state index contributed by atoms with van der Waals surface area (Å²) in [6.45, 7) is 0.405. The van der Waals surface area contributed by atoms with Crippen molar-refractivity contribution < 1.29 is 38.8 Å². The number of nitrogens with zero attached hydrogens (tertiary/aromatic N) is 2. The quantitative estimate of drug-likeness (QED) is 0.269. The van der Waals surface area contributed by atoms with Crippen LogP contribution in [0.25, 0.3) is 0 Å². The van der Waals surface area contributed by atoms with Crippen LogP contribution in [0.15, 0.2) is 71.8 Å². The minimum absolute atomic E-state index is 0.0393. The number of rotatable bonds is 11. The van der Waals surface area contributed by atoms with E-state index in [1.54, 1.807) is 49.4 Å². The number of hydrazone groups is 1. The summed E-state index contributed by atoms with van der Waals surface area (Å²) < 4.78 is 25.0. The van der Waals surface area contributed by atoms with Crippen LogP contribution in [-0.4, -0.2) is 69.7 Å². The Balaban J connectivity index is 1.66. The number of ether oxygens (including phenoxy) is 2. The first-order valence-electron chi connectivity index (χ1n) is 12.7. The lowest BCUT2D eigenvalue weighted by atomic mass is 9.98. The average Bonchev–Trinajstić information content (AvgIpc) is 3.44. The number of carbonyl (C=O) groups excluding carboxylic acids is 2. The second-order valence-electron chi connectivity index (χ2n) is 9.21. The standard InChI is InChI=1S/C29H30FN3O7S/c1-3-29(16-34,17-35)31-24(37)15-40-23-10-6-8-21(25(23)39-2)28-33(27(38)20-7-4-5-9-22(20)36)32-26(41-28)18-11-13-19(30)14-12-18/h4-14,28,34-36H,3,15-17H2,1-2H3,(H,31,37). The lowest BCUT2D eigenvalue weighted by molar-refractivity contribution is -0.126. The first-order chi connectivity index (χ1) is 19.8. The molecule has 0 fully saturated rings. The Morgan fingerprint density at radius 1 is 1.07 bits per heavy atom. The number of aliphatic hydroxyl groups is 2. The molecule has 3 aromatic carbocycles. The molecule has 0 aromatic heterocycles. The number of benzene rings is 3. The molecule has 3 aromatic rings. The van der Waals surface area contributed by atoms with Gasteiger partial charge in [-0.2, -0.15) is 5.10 Å². The Morgan fingerprint density at radius 3 is 2.41 bits per heavy atom.